The number of ether oxygens (including phenoxy) is 2. The van der Waals surface area contributed by atoms with Crippen LogP contribution < -0.4 is 14.8 Å². The summed E-state index contributed by atoms with van der Waals surface area (Å²) >= 11 is 0. The minimum Gasteiger partial charge on any atom is -0.493 e. The molecule has 0 radical (unpaired) electrons. The van der Waals surface area contributed by atoms with Crippen LogP contribution in [0.15, 0.2) is 61.1 Å². The summed E-state index contributed by atoms with van der Waals surface area (Å²) < 4.78 is 49.6. The topological polar surface area (TPSA) is 89.5 Å². The van der Waals surface area contributed by atoms with Gasteiger partial charge in [-0.05, 0) is 60.7 Å². The van der Waals surface area contributed by atoms with E-state index >= 15 is 0 Å². The van der Waals surface area contributed by atoms with E-state index in [9.17, 15) is 18.0 Å². The molecule has 2 aromatic heterocycles. The van der Waals surface area contributed by atoms with Crippen molar-refractivity contribution >= 4 is 28.3 Å². The van der Waals surface area contributed by atoms with Crippen LogP contribution in [0, 0.1) is 0 Å². The van der Waals surface area contributed by atoms with E-state index in [4.69, 9.17) is 9.47 Å². The van der Waals surface area contributed by atoms with Gasteiger partial charge in [-0.1, -0.05) is 13.0 Å². The minimum absolute atomic E-state index is 0.145. The highest BCUT2D eigenvalue weighted by molar-refractivity contribution is 5.91. The second kappa shape index (κ2) is 11.4. The number of anilines is 2. The third-order valence-electron chi connectivity index (χ3n) is 6.96. The van der Waals surface area contributed by atoms with Crippen LogP contribution in [0.25, 0.3) is 10.9 Å². The van der Waals surface area contributed by atoms with Crippen molar-refractivity contribution in [2.24, 2.45) is 0 Å². The van der Waals surface area contributed by atoms with Crippen molar-refractivity contribution in [3.8, 4) is 17.2 Å². The number of rotatable bonds is 7. The van der Waals surface area contributed by atoms with E-state index in [1.807, 2.05) is 17.9 Å². The lowest BCUT2D eigenvalue weighted by Gasteiger charge is -2.32. The Morgan fingerprint density at radius 3 is 2.50 bits per heavy atom. The molecule has 0 spiro atoms. The lowest BCUT2D eigenvalue weighted by molar-refractivity contribution is -0.141. The van der Waals surface area contributed by atoms with Crippen LogP contribution in [0.5, 0.6) is 17.2 Å². The van der Waals surface area contributed by atoms with E-state index in [2.05, 4.69) is 32.4 Å². The Morgan fingerprint density at radius 2 is 1.82 bits per heavy atom. The molecule has 0 unspecified atom stereocenters. The van der Waals surface area contributed by atoms with Gasteiger partial charge in [0.15, 0.2) is 11.5 Å². The first-order valence-corrected chi connectivity index (χ1v) is 12.9. The highest BCUT2D eigenvalue weighted by atomic mass is 19.4. The highest BCUT2D eigenvalue weighted by Gasteiger charge is 2.32. The molecule has 0 saturated carbocycles. The molecular weight excluding hydrogens is 523 g/mol. The van der Waals surface area contributed by atoms with Crippen molar-refractivity contribution in [1.29, 1.82) is 0 Å². The average molecular weight is 552 g/mol. The largest absolute Gasteiger partial charge is 0.493 e. The zero-order valence-corrected chi connectivity index (χ0v) is 22.0. The number of methoxy groups -OCH3 is 1. The molecule has 1 fully saturated rings. The lowest BCUT2D eigenvalue weighted by Crippen LogP contribution is -2.37. The van der Waals surface area contributed by atoms with Gasteiger partial charge < -0.3 is 19.7 Å². The number of carbonyl (C=O) groups excluding carboxylic acids is 1. The number of alkyl halides is 3. The molecule has 4 aromatic rings. The van der Waals surface area contributed by atoms with Gasteiger partial charge in [-0.3, -0.25) is 4.79 Å². The Labute approximate surface area is 229 Å². The molecule has 2 aromatic carbocycles. The number of hydrogen-bond donors (Lipinski definition) is 1. The molecule has 1 aliphatic heterocycles. The number of carbonyl (C=O) groups is 1. The van der Waals surface area contributed by atoms with Gasteiger partial charge in [0, 0.05) is 36.7 Å². The second-order valence-electron chi connectivity index (χ2n) is 9.48. The molecule has 1 N–H and O–H groups in total. The molecule has 208 valence electrons. The fourth-order valence-electron chi connectivity index (χ4n) is 4.82. The number of likely N-dealkylation sites (tertiary alicyclic amines) is 1. The standard InChI is InChI=1S/C29H28F3N5O3/c1-3-27(38)37-12-10-18(11-13-37)19-4-7-23-22(14-19)28(35-17-34-23)36-20-5-8-24(25(15-20)39-2)40-21-6-9-26(33-16-21)29(30,31)32/h4-9,14-18H,3,10-13H2,1-2H3,(H,34,35,36). The molecular formula is C29H28F3N5O3. The van der Waals surface area contributed by atoms with Crippen molar-refractivity contribution in [1.82, 2.24) is 19.9 Å². The number of amides is 1. The van der Waals surface area contributed by atoms with Crippen molar-refractivity contribution in [2.45, 2.75) is 38.3 Å². The lowest BCUT2D eigenvalue weighted by atomic mass is 9.88. The molecule has 0 atom stereocenters. The fourth-order valence-corrected chi connectivity index (χ4v) is 4.82. The van der Waals surface area contributed by atoms with Crippen molar-refractivity contribution in [2.75, 3.05) is 25.5 Å². The first kappa shape index (κ1) is 27.2. The van der Waals surface area contributed by atoms with Crippen LogP contribution in [-0.4, -0.2) is 46.0 Å². The predicted octanol–water partition coefficient (Wildman–Crippen LogP) is 6.70. The molecule has 0 aliphatic carbocycles. The zero-order chi connectivity index (χ0) is 28.3. The van der Waals surface area contributed by atoms with Gasteiger partial charge in [0.25, 0.3) is 0 Å². The number of halogens is 3. The molecule has 1 saturated heterocycles. The van der Waals surface area contributed by atoms with Crippen LogP contribution in [0.4, 0.5) is 24.7 Å². The summed E-state index contributed by atoms with van der Waals surface area (Å²) in [6.07, 6.45) is 0.316. The zero-order valence-electron chi connectivity index (χ0n) is 22.0. The van der Waals surface area contributed by atoms with Gasteiger partial charge in [0.05, 0.1) is 18.8 Å². The van der Waals surface area contributed by atoms with Gasteiger partial charge in [-0.15, -0.1) is 0 Å². The maximum atomic E-state index is 12.8. The Balaban J connectivity index is 1.34. The highest BCUT2D eigenvalue weighted by Crippen LogP contribution is 2.37. The van der Waals surface area contributed by atoms with Crippen molar-refractivity contribution < 1.29 is 27.4 Å². The van der Waals surface area contributed by atoms with E-state index in [0.29, 0.717) is 35.3 Å². The Morgan fingerprint density at radius 1 is 1.02 bits per heavy atom. The number of nitrogens with one attached hydrogen (secondary N) is 1. The number of fused-ring (bicyclic) bond motifs is 1. The van der Waals surface area contributed by atoms with E-state index < -0.39 is 11.9 Å². The summed E-state index contributed by atoms with van der Waals surface area (Å²) in [6.45, 7) is 3.39. The fraction of sp³-hybridized carbons (Fsp3) is 0.310. The maximum absolute atomic E-state index is 12.8. The average Bonchev–Trinajstić information content (AvgIpc) is 2.97. The Kier molecular flexibility index (Phi) is 7.72. The van der Waals surface area contributed by atoms with Gasteiger partial charge in [-0.25, -0.2) is 15.0 Å². The molecule has 3 heterocycles. The SMILES string of the molecule is CCC(=O)N1CCC(c2ccc3ncnc(Nc4ccc(Oc5ccc(C(F)(F)F)nc5)c(OC)c4)c3c2)CC1. The van der Waals surface area contributed by atoms with Gasteiger partial charge in [0.2, 0.25) is 5.91 Å². The minimum atomic E-state index is -4.53. The number of piperidine rings is 1. The number of aromatic nitrogens is 3. The molecule has 11 heteroatoms. The quantitative estimate of drug-likeness (QED) is 0.273. The monoisotopic (exact) mass is 551 g/mol. The van der Waals surface area contributed by atoms with Crippen LogP contribution in [0.3, 0.4) is 0 Å². The number of benzene rings is 2. The summed E-state index contributed by atoms with van der Waals surface area (Å²) in [6, 6.07) is 13.4. The molecule has 40 heavy (non-hydrogen) atoms. The van der Waals surface area contributed by atoms with Gasteiger partial charge >= 0.3 is 6.18 Å². The summed E-state index contributed by atoms with van der Waals surface area (Å²) in [5.74, 6) is 1.99. The van der Waals surface area contributed by atoms with E-state index in [0.717, 1.165) is 49.1 Å². The third kappa shape index (κ3) is 5.93. The first-order valence-electron chi connectivity index (χ1n) is 12.9. The van der Waals surface area contributed by atoms with E-state index in [1.165, 1.54) is 25.1 Å². The van der Waals surface area contributed by atoms with E-state index in [-0.39, 0.29) is 11.7 Å². The molecule has 8 nitrogen and oxygen atoms in total. The summed E-state index contributed by atoms with van der Waals surface area (Å²) in [5, 5.41) is 4.18. The van der Waals surface area contributed by atoms with Crippen LogP contribution >= 0.6 is 0 Å². The van der Waals surface area contributed by atoms with Crippen LogP contribution in [-0.2, 0) is 11.0 Å². The van der Waals surface area contributed by atoms with Gasteiger partial charge in [-0.2, -0.15) is 13.2 Å². The summed E-state index contributed by atoms with van der Waals surface area (Å²) in [4.78, 5) is 26.3. The van der Waals surface area contributed by atoms with Crippen molar-refractivity contribution in [3.63, 3.8) is 0 Å². The molecule has 0 bridgehead atoms. The maximum Gasteiger partial charge on any atom is 0.433 e. The second-order valence-corrected chi connectivity index (χ2v) is 9.48. The summed E-state index contributed by atoms with van der Waals surface area (Å²) in [7, 11) is 1.47. The number of pyridine rings is 1. The van der Waals surface area contributed by atoms with Crippen LogP contribution in [0.1, 0.15) is 43.4 Å². The smallest absolute Gasteiger partial charge is 0.433 e. The first-order chi connectivity index (χ1) is 19.2. The van der Waals surface area contributed by atoms with Gasteiger partial charge in [0.1, 0.15) is 23.6 Å². The van der Waals surface area contributed by atoms with Crippen molar-refractivity contribution in [3.05, 3.63) is 72.3 Å². The Hall–Kier alpha value is -4.41. The molecule has 1 amide bonds. The molecule has 5 rings (SSSR count). The summed E-state index contributed by atoms with van der Waals surface area (Å²) in [5.41, 5.74) is 1.65. The Bertz CT molecular complexity index is 1500. The van der Waals surface area contributed by atoms with E-state index in [1.54, 1.807) is 18.2 Å². The normalized spacial score (nSPS) is 14.3. The third-order valence-corrected chi connectivity index (χ3v) is 6.96. The predicted molar refractivity (Wildman–Crippen MR) is 144 cm³/mol. The number of nitrogens with zero attached hydrogens (tertiary/aromatic N) is 4. The van der Waals surface area contributed by atoms with Crippen LogP contribution in [0.2, 0.25) is 0 Å². The molecule has 1 aliphatic rings. The number of hydrogen-bond acceptors (Lipinski definition) is 7.